The maximum atomic E-state index is 9.65. The van der Waals surface area contributed by atoms with Crippen molar-refractivity contribution in [3.63, 3.8) is 0 Å². The number of guanidine groups is 1. The summed E-state index contributed by atoms with van der Waals surface area (Å²) in [5.41, 5.74) is 2.05. The molecule has 1 aliphatic heterocycles. The van der Waals surface area contributed by atoms with E-state index in [1.165, 1.54) is 0 Å². The van der Waals surface area contributed by atoms with Gasteiger partial charge in [0, 0.05) is 26.1 Å². The summed E-state index contributed by atoms with van der Waals surface area (Å²) in [6.45, 7) is 1.36. The second-order valence-corrected chi connectivity index (χ2v) is 6.32. The molecule has 0 fully saturated rings. The molecule has 3 rings (SSSR count). The van der Waals surface area contributed by atoms with E-state index in [2.05, 4.69) is 15.6 Å². The van der Waals surface area contributed by atoms with Crippen LogP contribution in [0.3, 0.4) is 0 Å². The first-order valence-electron chi connectivity index (χ1n) is 8.39. The maximum Gasteiger partial charge on any atom is 0.231 e. The zero-order valence-electron chi connectivity index (χ0n) is 14.5. The number of nitrogens with one attached hydrogen (secondary N) is 2. The van der Waals surface area contributed by atoms with E-state index < -0.39 is 0 Å². The van der Waals surface area contributed by atoms with Gasteiger partial charge in [0.25, 0.3) is 0 Å². The molecular formula is C19H22ClN3O3. The molecule has 138 valence electrons. The highest BCUT2D eigenvalue weighted by atomic mass is 35.5. The molecule has 2 aromatic rings. The minimum absolute atomic E-state index is 0.00487. The van der Waals surface area contributed by atoms with Crippen LogP contribution in [0.15, 0.2) is 47.5 Å². The molecule has 6 nitrogen and oxygen atoms in total. The van der Waals surface area contributed by atoms with E-state index in [0.29, 0.717) is 35.6 Å². The van der Waals surface area contributed by atoms with Gasteiger partial charge >= 0.3 is 0 Å². The third-order valence-corrected chi connectivity index (χ3v) is 4.46. The molecular weight excluding hydrogens is 354 g/mol. The summed E-state index contributed by atoms with van der Waals surface area (Å²) >= 11 is 6.21. The van der Waals surface area contributed by atoms with Crippen molar-refractivity contribution < 1.29 is 14.6 Å². The van der Waals surface area contributed by atoms with Gasteiger partial charge in [0.2, 0.25) is 6.79 Å². The number of halogens is 1. The van der Waals surface area contributed by atoms with Crippen LogP contribution in [0.1, 0.15) is 17.0 Å². The molecule has 0 amide bonds. The van der Waals surface area contributed by atoms with Gasteiger partial charge in [-0.2, -0.15) is 0 Å². The van der Waals surface area contributed by atoms with Gasteiger partial charge in [-0.3, -0.25) is 4.99 Å². The van der Waals surface area contributed by atoms with E-state index in [1.807, 2.05) is 42.5 Å². The second kappa shape index (κ2) is 8.78. The molecule has 0 saturated heterocycles. The van der Waals surface area contributed by atoms with Crippen LogP contribution >= 0.6 is 11.6 Å². The zero-order valence-corrected chi connectivity index (χ0v) is 15.3. The summed E-state index contributed by atoms with van der Waals surface area (Å²) in [4.78, 5) is 4.22. The van der Waals surface area contributed by atoms with Crippen LogP contribution in [0.4, 0.5) is 0 Å². The Kier molecular flexibility index (Phi) is 6.20. The highest BCUT2D eigenvalue weighted by Crippen LogP contribution is 2.39. The smallest absolute Gasteiger partial charge is 0.231 e. The van der Waals surface area contributed by atoms with E-state index in [1.54, 1.807) is 7.05 Å². The molecule has 7 heteroatoms. The number of aliphatic imine (C=N–C) groups is 1. The van der Waals surface area contributed by atoms with Gasteiger partial charge in [-0.25, -0.2) is 0 Å². The van der Waals surface area contributed by atoms with E-state index in [9.17, 15) is 5.11 Å². The van der Waals surface area contributed by atoms with Crippen molar-refractivity contribution >= 4 is 17.6 Å². The summed E-state index contributed by atoms with van der Waals surface area (Å²) in [6, 6.07) is 13.6. The molecule has 1 atom stereocenters. The Bertz CT molecular complexity index is 768. The third kappa shape index (κ3) is 4.39. The molecule has 1 unspecified atom stereocenters. The molecule has 0 aliphatic carbocycles. The highest BCUT2D eigenvalue weighted by Gasteiger charge is 2.18. The standard InChI is InChI=1S/C19H22ClN3O3/c1-21-19(23-10-15(11-24)14-5-3-2-4-6-14)22-9-13-7-16(20)18-17(8-13)25-12-26-18/h2-8,15,24H,9-12H2,1H3,(H2,21,22,23). The highest BCUT2D eigenvalue weighted by molar-refractivity contribution is 6.32. The lowest BCUT2D eigenvalue weighted by Gasteiger charge is -2.18. The molecule has 0 radical (unpaired) electrons. The quantitative estimate of drug-likeness (QED) is 0.534. The van der Waals surface area contributed by atoms with Crippen LogP contribution in [0.25, 0.3) is 0 Å². The summed E-state index contributed by atoms with van der Waals surface area (Å²) in [5, 5.41) is 16.7. The van der Waals surface area contributed by atoms with Crippen LogP contribution in [-0.4, -0.2) is 38.1 Å². The van der Waals surface area contributed by atoms with Crippen molar-refractivity contribution in [1.82, 2.24) is 10.6 Å². The molecule has 0 bridgehead atoms. The minimum atomic E-state index is -0.00487. The number of rotatable bonds is 6. The monoisotopic (exact) mass is 375 g/mol. The summed E-state index contributed by atoms with van der Waals surface area (Å²) in [7, 11) is 1.71. The lowest BCUT2D eigenvalue weighted by molar-refractivity contribution is 0.174. The van der Waals surface area contributed by atoms with Crippen LogP contribution in [0, 0.1) is 0 Å². The Labute approximate surface area is 157 Å². The first-order chi connectivity index (χ1) is 12.7. The van der Waals surface area contributed by atoms with Gasteiger partial charge in [0.05, 0.1) is 11.6 Å². The van der Waals surface area contributed by atoms with Crippen LogP contribution in [0.5, 0.6) is 11.5 Å². The largest absolute Gasteiger partial charge is 0.454 e. The topological polar surface area (TPSA) is 75.1 Å². The number of fused-ring (bicyclic) bond motifs is 1. The Morgan fingerprint density at radius 2 is 2.04 bits per heavy atom. The molecule has 0 aromatic heterocycles. The van der Waals surface area contributed by atoms with Gasteiger partial charge in [-0.05, 0) is 23.3 Å². The Hall–Kier alpha value is -2.44. The predicted octanol–water partition coefficient (Wildman–Crippen LogP) is 2.51. The van der Waals surface area contributed by atoms with E-state index in [0.717, 1.165) is 11.1 Å². The number of benzene rings is 2. The van der Waals surface area contributed by atoms with Crippen molar-refractivity contribution in [2.24, 2.45) is 4.99 Å². The van der Waals surface area contributed by atoms with E-state index in [4.69, 9.17) is 21.1 Å². The molecule has 1 aliphatic rings. The Balaban J connectivity index is 1.56. The minimum Gasteiger partial charge on any atom is -0.454 e. The fraction of sp³-hybridized carbons (Fsp3) is 0.316. The van der Waals surface area contributed by atoms with Gasteiger partial charge < -0.3 is 25.2 Å². The summed E-state index contributed by atoms with van der Waals surface area (Å²) < 4.78 is 10.7. The number of hydrogen-bond acceptors (Lipinski definition) is 4. The molecule has 1 heterocycles. The first kappa shape index (κ1) is 18.4. The van der Waals surface area contributed by atoms with Crippen molar-refractivity contribution in [3.8, 4) is 11.5 Å². The van der Waals surface area contributed by atoms with Gasteiger partial charge in [-0.1, -0.05) is 41.9 Å². The van der Waals surface area contributed by atoms with Crippen LogP contribution in [-0.2, 0) is 6.54 Å². The summed E-state index contributed by atoms with van der Waals surface area (Å²) in [6.07, 6.45) is 0. The van der Waals surface area contributed by atoms with Crippen LogP contribution < -0.4 is 20.1 Å². The fourth-order valence-corrected chi connectivity index (χ4v) is 3.05. The molecule has 3 N–H and O–H groups in total. The van der Waals surface area contributed by atoms with Crippen molar-refractivity contribution in [1.29, 1.82) is 0 Å². The van der Waals surface area contributed by atoms with Crippen molar-refractivity contribution in [3.05, 3.63) is 58.6 Å². The molecule has 2 aromatic carbocycles. The van der Waals surface area contributed by atoms with E-state index in [-0.39, 0.29) is 19.3 Å². The summed E-state index contributed by atoms with van der Waals surface area (Å²) in [5.74, 6) is 1.89. The van der Waals surface area contributed by atoms with Gasteiger partial charge in [0.1, 0.15) is 0 Å². The lowest BCUT2D eigenvalue weighted by atomic mass is 10.0. The van der Waals surface area contributed by atoms with E-state index >= 15 is 0 Å². The fourth-order valence-electron chi connectivity index (χ4n) is 2.76. The number of hydrogen-bond donors (Lipinski definition) is 3. The lowest BCUT2D eigenvalue weighted by Crippen LogP contribution is -2.39. The SMILES string of the molecule is CN=C(NCc1cc(Cl)c2c(c1)OCO2)NCC(CO)c1ccccc1. The Morgan fingerprint density at radius 1 is 1.23 bits per heavy atom. The molecule has 26 heavy (non-hydrogen) atoms. The maximum absolute atomic E-state index is 9.65. The Morgan fingerprint density at radius 3 is 2.77 bits per heavy atom. The van der Waals surface area contributed by atoms with Crippen molar-refractivity contribution in [2.45, 2.75) is 12.5 Å². The first-order valence-corrected chi connectivity index (χ1v) is 8.77. The molecule has 0 saturated carbocycles. The molecule has 0 spiro atoms. The normalized spacial score (nSPS) is 14.2. The van der Waals surface area contributed by atoms with Crippen LogP contribution in [0.2, 0.25) is 5.02 Å². The van der Waals surface area contributed by atoms with Gasteiger partial charge in [-0.15, -0.1) is 0 Å². The third-order valence-electron chi connectivity index (χ3n) is 4.18. The predicted molar refractivity (Wildman–Crippen MR) is 102 cm³/mol. The average molecular weight is 376 g/mol. The van der Waals surface area contributed by atoms with Crippen molar-refractivity contribution in [2.75, 3.05) is 27.0 Å². The number of aliphatic hydroxyl groups is 1. The second-order valence-electron chi connectivity index (χ2n) is 5.91. The number of nitrogens with zero attached hydrogens (tertiary/aromatic N) is 1. The zero-order chi connectivity index (χ0) is 18.4. The number of aliphatic hydroxyl groups excluding tert-OH is 1. The number of ether oxygens (including phenoxy) is 2. The average Bonchev–Trinajstić information content (AvgIpc) is 3.15. The van der Waals surface area contributed by atoms with Gasteiger partial charge in [0.15, 0.2) is 17.5 Å².